The van der Waals surface area contributed by atoms with Crippen molar-refractivity contribution in [3.63, 3.8) is 0 Å². The minimum absolute atomic E-state index is 0.191. The van der Waals surface area contributed by atoms with Crippen molar-refractivity contribution in [1.82, 2.24) is 15.1 Å². The number of rotatable bonds is 6. The van der Waals surface area contributed by atoms with E-state index in [-0.39, 0.29) is 17.5 Å². The molecule has 154 valence electrons. The summed E-state index contributed by atoms with van der Waals surface area (Å²) in [5, 5.41) is 10.0. The molecule has 1 aliphatic carbocycles. The predicted octanol–water partition coefficient (Wildman–Crippen LogP) is 2.83. The molecule has 1 aromatic carbocycles. The standard InChI is InChI=1S/C21H26N4O4/c1-3-29-19(27)18-11-14-25(24-18)17-9-7-16(8-10-17)22-20(28)21(23-15(2)26)12-5-4-6-13-21/h7-11,14H,3-6,12-13H2,1-2H3,(H,22,28)(H,23,26). The number of nitrogens with zero attached hydrogens (tertiary/aromatic N) is 2. The van der Waals surface area contributed by atoms with Crippen molar-refractivity contribution >= 4 is 23.5 Å². The minimum atomic E-state index is -0.848. The van der Waals surface area contributed by atoms with Crippen LogP contribution in [0.25, 0.3) is 5.69 Å². The van der Waals surface area contributed by atoms with Gasteiger partial charge in [-0.25, -0.2) is 9.48 Å². The summed E-state index contributed by atoms with van der Waals surface area (Å²) in [6.45, 7) is 3.47. The highest BCUT2D eigenvalue weighted by atomic mass is 16.5. The number of esters is 1. The first-order valence-corrected chi connectivity index (χ1v) is 9.87. The normalized spacial score (nSPS) is 15.4. The number of carbonyl (C=O) groups excluding carboxylic acids is 3. The molecule has 2 aromatic rings. The molecule has 1 fully saturated rings. The number of hydrogen-bond donors (Lipinski definition) is 2. The third kappa shape index (κ3) is 4.82. The molecule has 1 heterocycles. The van der Waals surface area contributed by atoms with Gasteiger partial charge in [-0.15, -0.1) is 0 Å². The molecule has 0 radical (unpaired) electrons. The Morgan fingerprint density at radius 2 is 1.79 bits per heavy atom. The molecule has 0 spiro atoms. The number of benzene rings is 1. The fourth-order valence-electron chi connectivity index (χ4n) is 3.63. The Balaban J connectivity index is 1.70. The van der Waals surface area contributed by atoms with E-state index in [0.29, 0.717) is 25.1 Å². The Morgan fingerprint density at radius 3 is 2.41 bits per heavy atom. The molecule has 1 aliphatic rings. The van der Waals surface area contributed by atoms with Gasteiger partial charge in [0, 0.05) is 18.8 Å². The third-order valence-corrected chi connectivity index (χ3v) is 5.02. The zero-order valence-corrected chi connectivity index (χ0v) is 16.7. The predicted molar refractivity (Wildman–Crippen MR) is 108 cm³/mol. The highest BCUT2D eigenvalue weighted by Crippen LogP contribution is 2.29. The minimum Gasteiger partial charge on any atom is -0.461 e. The van der Waals surface area contributed by atoms with Crippen molar-refractivity contribution in [3.05, 3.63) is 42.2 Å². The second-order valence-electron chi connectivity index (χ2n) is 7.19. The maximum absolute atomic E-state index is 12.9. The second-order valence-corrected chi connectivity index (χ2v) is 7.19. The summed E-state index contributed by atoms with van der Waals surface area (Å²) >= 11 is 0. The quantitative estimate of drug-likeness (QED) is 0.729. The van der Waals surface area contributed by atoms with E-state index in [0.717, 1.165) is 24.9 Å². The van der Waals surface area contributed by atoms with Gasteiger partial charge in [-0.3, -0.25) is 9.59 Å². The first-order chi connectivity index (χ1) is 13.9. The van der Waals surface area contributed by atoms with Gasteiger partial charge in [-0.2, -0.15) is 5.10 Å². The van der Waals surface area contributed by atoms with Crippen molar-refractivity contribution in [2.75, 3.05) is 11.9 Å². The third-order valence-electron chi connectivity index (χ3n) is 5.02. The van der Waals surface area contributed by atoms with Crippen molar-refractivity contribution < 1.29 is 19.1 Å². The van der Waals surface area contributed by atoms with E-state index in [2.05, 4.69) is 15.7 Å². The van der Waals surface area contributed by atoms with E-state index < -0.39 is 11.5 Å². The Bertz CT molecular complexity index is 882. The number of aromatic nitrogens is 2. The van der Waals surface area contributed by atoms with E-state index >= 15 is 0 Å². The molecule has 1 saturated carbocycles. The lowest BCUT2D eigenvalue weighted by Crippen LogP contribution is -2.57. The Morgan fingerprint density at radius 1 is 1.10 bits per heavy atom. The highest BCUT2D eigenvalue weighted by Gasteiger charge is 2.40. The van der Waals surface area contributed by atoms with Crippen molar-refractivity contribution in [2.24, 2.45) is 0 Å². The van der Waals surface area contributed by atoms with Crippen LogP contribution in [0.3, 0.4) is 0 Å². The Labute approximate surface area is 169 Å². The first kappa shape index (κ1) is 20.6. The Hall–Kier alpha value is -3.16. The van der Waals surface area contributed by atoms with Gasteiger partial charge < -0.3 is 15.4 Å². The van der Waals surface area contributed by atoms with Crippen LogP contribution in [-0.4, -0.2) is 39.7 Å². The Kier molecular flexibility index (Phi) is 6.31. The number of nitrogens with one attached hydrogen (secondary N) is 2. The van der Waals surface area contributed by atoms with Gasteiger partial charge in [0.2, 0.25) is 11.8 Å². The summed E-state index contributed by atoms with van der Waals surface area (Å²) in [6.07, 6.45) is 5.85. The van der Waals surface area contributed by atoms with E-state index in [4.69, 9.17) is 4.74 Å². The molecule has 0 unspecified atom stereocenters. The van der Waals surface area contributed by atoms with Crippen molar-refractivity contribution in [2.45, 2.75) is 51.5 Å². The van der Waals surface area contributed by atoms with Gasteiger partial charge in [0.05, 0.1) is 12.3 Å². The summed E-state index contributed by atoms with van der Waals surface area (Å²) in [5.74, 6) is -0.858. The maximum atomic E-state index is 12.9. The smallest absolute Gasteiger partial charge is 0.358 e. The number of anilines is 1. The van der Waals surface area contributed by atoms with Crippen molar-refractivity contribution in [3.8, 4) is 5.69 Å². The molecule has 8 nitrogen and oxygen atoms in total. The lowest BCUT2D eigenvalue weighted by Gasteiger charge is -2.36. The average molecular weight is 398 g/mol. The molecular formula is C21H26N4O4. The molecule has 1 aromatic heterocycles. The van der Waals surface area contributed by atoms with Gasteiger partial charge in [-0.1, -0.05) is 19.3 Å². The van der Waals surface area contributed by atoms with Crippen LogP contribution >= 0.6 is 0 Å². The van der Waals surface area contributed by atoms with Crippen LogP contribution in [0.15, 0.2) is 36.5 Å². The van der Waals surface area contributed by atoms with Crippen LogP contribution in [0, 0.1) is 0 Å². The van der Waals surface area contributed by atoms with Crippen LogP contribution in [0.1, 0.15) is 56.4 Å². The summed E-state index contributed by atoms with van der Waals surface area (Å²) in [4.78, 5) is 36.3. The van der Waals surface area contributed by atoms with Gasteiger partial charge in [0.1, 0.15) is 5.54 Å². The molecular weight excluding hydrogens is 372 g/mol. The summed E-state index contributed by atoms with van der Waals surface area (Å²) < 4.78 is 6.51. The topological polar surface area (TPSA) is 102 Å². The molecule has 29 heavy (non-hydrogen) atoms. The van der Waals surface area contributed by atoms with Crippen LogP contribution in [0.4, 0.5) is 5.69 Å². The van der Waals surface area contributed by atoms with Crippen molar-refractivity contribution in [1.29, 1.82) is 0 Å². The van der Waals surface area contributed by atoms with Gasteiger partial charge >= 0.3 is 5.97 Å². The number of ether oxygens (including phenoxy) is 1. The monoisotopic (exact) mass is 398 g/mol. The molecule has 2 N–H and O–H groups in total. The van der Waals surface area contributed by atoms with Crippen LogP contribution in [0.5, 0.6) is 0 Å². The summed E-state index contributed by atoms with van der Waals surface area (Å²) in [5.41, 5.74) is 0.762. The zero-order chi connectivity index (χ0) is 20.9. The molecule has 3 rings (SSSR count). The molecule has 8 heteroatoms. The van der Waals surface area contributed by atoms with E-state index in [1.54, 1.807) is 48.1 Å². The SMILES string of the molecule is CCOC(=O)c1ccn(-c2ccc(NC(=O)C3(NC(C)=O)CCCCC3)cc2)n1. The molecule has 0 aliphatic heterocycles. The summed E-state index contributed by atoms with van der Waals surface area (Å²) in [7, 11) is 0. The largest absolute Gasteiger partial charge is 0.461 e. The number of amides is 2. The number of hydrogen-bond acceptors (Lipinski definition) is 5. The molecule has 2 amide bonds. The average Bonchev–Trinajstić information content (AvgIpc) is 3.19. The van der Waals surface area contributed by atoms with Gasteiger partial charge in [0.25, 0.3) is 0 Å². The summed E-state index contributed by atoms with van der Waals surface area (Å²) in [6, 6.07) is 8.72. The molecule has 0 atom stereocenters. The van der Waals surface area contributed by atoms with Crippen LogP contribution in [-0.2, 0) is 14.3 Å². The fraction of sp³-hybridized carbons (Fsp3) is 0.429. The lowest BCUT2D eigenvalue weighted by molar-refractivity contribution is -0.130. The maximum Gasteiger partial charge on any atom is 0.358 e. The lowest BCUT2D eigenvalue weighted by atomic mass is 9.80. The molecule has 0 bridgehead atoms. The highest BCUT2D eigenvalue weighted by molar-refractivity contribution is 6.00. The zero-order valence-electron chi connectivity index (χ0n) is 16.7. The first-order valence-electron chi connectivity index (χ1n) is 9.87. The van der Waals surface area contributed by atoms with Crippen LogP contribution < -0.4 is 10.6 Å². The number of carbonyl (C=O) groups is 3. The van der Waals surface area contributed by atoms with E-state index in [9.17, 15) is 14.4 Å². The van der Waals surface area contributed by atoms with E-state index in [1.807, 2.05) is 0 Å². The fourth-order valence-corrected chi connectivity index (χ4v) is 3.63. The second kappa shape index (κ2) is 8.89. The van der Waals surface area contributed by atoms with Gasteiger partial charge in [-0.05, 0) is 50.1 Å². The van der Waals surface area contributed by atoms with Crippen LogP contribution in [0.2, 0.25) is 0 Å². The molecule has 0 saturated heterocycles. The van der Waals surface area contributed by atoms with Gasteiger partial charge in [0.15, 0.2) is 5.69 Å². The van der Waals surface area contributed by atoms with E-state index in [1.165, 1.54) is 6.92 Å².